The number of hydrogen-bond donors (Lipinski definition) is 1. The fourth-order valence-electron chi connectivity index (χ4n) is 2.60. The molecule has 1 aliphatic heterocycles. The van der Waals surface area contributed by atoms with E-state index in [1.165, 1.54) is 0 Å². The van der Waals surface area contributed by atoms with Crippen molar-refractivity contribution in [3.63, 3.8) is 0 Å². The van der Waals surface area contributed by atoms with Gasteiger partial charge in [-0.3, -0.25) is 0 Å². The summed E-state index contributed by atoms with van der Waals surface area (Å²) in [5.41, 5.74) is 2.91. The van der Waals surface area contributed by atoms with Crippen LogP contribution in [0, 0.1) is 0 Å². The van der Waals surface area contributed by atoms with Crippen molar-refractivity contribution < 1.29 is 4.74 Å². The summed E-state index contributed by atoms with van der Waals surface area (Å²) in [4.78, 5) is 4.71. The van der Waals surface area contributed by atoms with Crippen molar-refractivity contribution in [1.29, 1.82) is 0 Å². The van der Waals surface area contributed by atoms with Crippen LogP contribution < -0.4 is 10.1 Å². The molecule has 0 amide bonds. The number of ether oxygens (including phenoxy) is 1. The Kier molecular flexibility index (Phi) is 4.04. The first-order valence-corrected chi connectivity index (χ1v) is 8.48. The van der Waals surface area contributed by atoms with Crippen molar-refractivity contribution in [2.45, 2.75) is 0 Å². The van der Waals surface area contributed by atoms with E-state index in [1.807, 2.05) is 36.7 Å². The molecule has 0 radical (unpaired) electrons. The van der Waals surface area contributed by atoms with Crippen molar-refractivity contribution in [2.75, 3.05) is 31.6 Å². The van der Waals surface area contributed by atoms with Crippen LogP contribution in [0.1, 0.15) is 0 Å². The first-order valence-electron chi connectivity index (χ1n) is 7.52. The zero-order valence-corrected chi connectivity index (χ0v) is 14.6. The largest absolute Gasteiger partial charge is 0.492 e. The van der Waals surface area contributed by atoms with Crippen molar-refractivity contribution >= 4 is 34.3 Å². The van der Waals surface area contributed by atoms with Crippen LogP contribution in [0.4, 0.5) is 5.82 Å². The SMILES string of the molecule is IN1CCNc2ccn3ncc(c3n2)-c2cccc(c2)OCC1. The maximum absolute atomic E-state index is 5.87. The van der Waals surface area contributed by atoms with E-state index in [9.17, 15) is 0 Å². The highest BCUT2D eigenvalue weighted by molar-refractivity contribution is 14.1. The van der Waals surface area contributed by atoms with E-state index in [2.05, 4.69) is 42.5 Å². The summed E-state index contributed by atoms with van der Waals surface area (Å²) in [6.07, 6.45) is 3.78. The minimum Gasteiger partial charge on any atom is -0.492 e. The Balaban J connectivity index is 1.81. The van der Waals surface area contributed by atoms with Gasteiger partial charge in [0.2, 0.25) is 0 Å². The van der Waals surface area contributed by atoms with Crippen LogP contribution in [0.2, 0.25) is 0 Å². The van der Waals surface area contributed by atoms with E-state index < -0.39 is 0 Å². The summed E-state index contributed by atoms with van der Waals surface area (Å²) in [6, 6.07) is 10.0. The Hall–Kier alpha value is -1.87. The van der Waals surface area contributed by atoms with Gasteiger partial charge < -0.3 is 10.1 Å². The molecule has 0 unspecified atom stereocenters. The van der Waals surface area contributed by atoms with Gasteiger partial charge in [0.15, 0.2) is 5.65 Å². The van der Waals surface area contributed by atoms with Crippen LogP contribution >= 0.6 is 22.9 Å². The van der Waals surface area contributed by atoms with E-state index in [0.29, 0.717) is 6.61 Å². The molecular weight excluding hydrogens is 405 g/mol. The number of rotatable bonds is 0. The number of benzene rings is 1. The minimum absolute atomic E-state index is 0.666. The number of nitrogens with zero attached hydrogens (tertiary/aromatic N) is 4. The van der Waals surface area contributed by atoms with Gasteiger partial charge in [0, 0.05) is 54.3 Å². The van der Waals surface area contributed by atoms with Gasteiger partial charge in [-0.2, -0.15) is 5.10 Å². The average molecular weight is 421 g/mol. The normalized spacial score (nSPS) is 15.9. The number of nitrogens with one attached hydrogen (secondary N) is 1. The number of halogens is 1. The highest BCUT2D eigenvalue weighted by Crippen LogP contribution is 2.27. The first-order chi connectivity index (χ1) is 11.3. The van der Waals surface area contributed by atoms with Crippen LogP contribution in [0.25, 0.3) is 16.8 Å². The fraction of sp³-hybridized carbons (Fsp3) is 0.250. The molecule has 0 atom stereocenters. The van der Waals surface area contributed by atoms with Gasteiger partial charge in [-0.15, -0.1) is 0 Å². The molecule has 0 saturated heterocycles. The predicted molar refractivity (Wildman–Crippen MR) is 98.0 cm³/mol. The second kappa shape index (κ2) is 6.32. The number of hydrogen-bond acceptors (Lipinski definition) is 5. The Bertz CT molecular complexity index is 834. The molecule has 1 N–H and O–H groups in total. The topological polar surface area (TPSA) is 54.7 Å². The third-order valence-corrected chi connectivity index (χ3v) is 4.74. The molecule has 7 heteroatoms. The molecule has 4 rings (SSSR count). The Morgan fingerprint density at radius 3 is 3.13 bits per heavy atom. The van der Waals surface area contributed by atoms with Crippen LogP contribution in [0.5, 0.6) is 5.75 Å². The summed E-state index contributed by atoms with van der Waals surface area (Å²) in [5, 5.41) is 7.76. The fourth-order valence-corrected chi connectivity index (χ4v) is 3.04. The number of aromatic nitrogens is 3. The third kappa shape index (κ3) is 3.11. The molecule has 3 heterocycles. The second-order valence-corrected chi connectivity index (χ2v) is 6.72. The third-order valence-electron chi connectivity index (χ3n) is 3.78. The van der Waals surface area contributed by atoms with E-state index in [-0.39, 0.29) is 0 Å². The van der Waals surface area contributed by atoms with Gasteiger partial charge in [-0.1, -0.05) is 12.1 Å². The van der Waals surface area contributed by atoms with Crippen LogP contribution in [0.15, 0.2) is 42.7 Å². The van der Waals surface area contributed by atoms with Crippen LogP contribution in [0.3, 0.4) is 0 Å². The molecule has 0 aliphatic carbocycles. The van der Waals surface area contributed by atoms with Gasteiger partial charge in [-0.05, 0) is 23.8 Å². The van der Waals surface area contributed by atoms with Gasteiger partial charge in [-0.25, -0.2) is 12.6 Å². The molecule has 0 fully saturated rings. The lowest BCUT2D eigenvalue weighted by Crippen LogP contribution is -2.24. The molecule has 6 nitrogen and oxygen atoms in total. The molecule has 118 valence electrons. The summed E-state index contributed by atoms with van der Waals surface area (Å²) in [7, 11) is 0. The average Bonchev–Trinajstić information content (AvgIpc) is 2.98. The Morgan fingerprint density at radius 2 is 2.17 bits per heavy atom. The van der Waals surface area contributed by atoms with Crippen LogP contribution in [-0.2, 0) is 0 Å². The van der Waals surface area contributed by atoms with E-state index in [4.69, 9.17) is 9.72 Å². The summed E-state index contributed by atoms with van der Waals surface area (Å²) >= 11 is 2.33. The van der Waals surface area contributed by atoms with Gasteiger partial charge in [0.1, 0.15) is 18.2 Å². The molecule has 2 aromatic heterocycles. The zero-order chi connectivity index (χ0) is 15.6. The molecule has 4 bridgehead atoms. The maximum atomic E-state index is 5.87. The first kappa shape index (κ1) is 14.7. The highest BCUT2D eigenvalue weighted by Gasteiger charge is 2.11. The monoisotopic (exact) mass is 421 g/mol. The van der Waals surface area contributed by atoms with Crippen molar-refractivity contribution in [3.05, 3.63) is 42.7 Å². The number of anilines is 1. The summed E-state index contributed by atoms with van der Waals surface area (Å²) in [6.45, 7) is 3.29. The molecule has 23 heavy (non-hydrogen) atoms. The van der Waals surface area contributed by atoms with E-state index >= 15 is 0 Å². The predicted octanol–water partition coefficient (Wildman–Crippen LogP) is 2.85. The molecular formula is C16H16IN5O. The van der Waals surface area contributed by atoms with Gasteiger partial charge in [0.05, 0.1) is 6.20 Å². The standard InChI is InChI=1S/C16H16IN5O/c17-21-7-5-18-15-4-6-22-16(20-15)14(11-19-22)12-2-1-3-13(10-12)23-9-8-21/h1-4,6,10-11H,5,7-9H2,(H,18,20). The zero-order valence-electron chi connectivity index (χ0n) is 12.4. The number of fused-ring (bicyclic) bond motifs is 4. The molecule has 1 aliphatic rings. The summed E-state index contributed by atoms with van der Waals surface area (Å²) < 4.78 is 9.88. The van der Waals surface area contributed by atoms with Crippen molar-refractivity contribution in [3.8, 4) is 16.9 Å². The molecule has 3 aromatic rings. The highest BCUT2D eigenvalue weighted by atomic mass is 127. The van der Waals surface area contributed by atoms with E-state index in [1.54, 1.807) is 4.52 Å². The van der Waals surface area contributed by atoms with Gasteiger partial charge in [0.25, 0.3) is 0 Å². The lowest BCUT2D eigenvalue weighted by molar-refractivity contribution is 0.292. The maximum Gasteiger partial charge on any atom is 0.165 e. The lowest BCUT2D eigenvalue weighted by Gasteiger charge is -2.16. The van der Waals surface area contributed by atoms with Gasteiger partial charge >= 0.3 is 0 Å². The Morgan fingerprint density at radius 1 is 1.22 bits per heavy atom. The van der Waals surface area contributed by atoms with Crippen LogP contribution in [-0.4, -0.2) is 44.0 Å². The lowest BCUT2D eigenvalue weighted by atomic mass is 10.1. The molecule has 0 saturated carbocycles. The quantitative estimate of drug-likeness (QED) is 0.447. The smallest absolute Gasteiger partial charge is 0.165 e. The molecule has 0 spiro atoms. The van der Waals surface area contributed by atoms with Crippen molar-refractivity contribution in [2.24, 2.45) is 0 Å². The second-order valence-electron chi connectivity index (χ2n) is 5.35. The summed E-state index contributed by atoms with van der Waals surface area (Å²) in [5.74, 6) is 1.74. The Labute approximate surface area is 148 Å². The minimum atomic E-state index is 0.666. The van der Waals surface area contributed by atoms with E-state index in [0.717, 1.165) is 48.0 Å². The van der Waals surface area contributed by atoms with Crippen molar-refractivity contribution in [1.82, 2.24) is 17.7 Å². The molecule has 1 aromatic carbocycles.